The highest BCUT2D eigenvalue weighted by atomic mass is 14.8. The number of hydrogen-bond acceptors (Lipinski definition) is 1. The number of hydrogen-bond donors (Lipinski definition) is 0. The lowest BCUT2D eigenvalue weighted by atomic mass is 9.83. The van der Waals surface area contributed by atoms with E-state index in [1.807, 2.05) is 12.1 Å². The third-order valence-electron chi connectivity index (χ3n) is 8.93. The molecule has 6 rings (SSSR count). The van der Waals surface area contributed by atoms with Crippen molar-refractivity contribution in [2.75, 3.05) is 0 Å². The Balaban J connectivity index is 1.44. The van der Waals surface area contributed by atoms with Crippen LogP contribution in [0.2, 0.25) is 0 Å². The van der Waals surface area contributed by atoms with Crippen molar-refractivity contribution in [3.05, 3.63) is 197 Å². The second kappa shape index (κ2) is 14.2. The zero-order valence-electron chi connectivity index (χ0n) is 27.0. The van der Waals surface area contributed by atoms with E-state index >= 15 is 0 Å². The van der Waals surface area contributed by atoms with E-state index in [9.17, 15) is 0 Å². The first kappa shape index (κ1) is 30.7. The van der Waals surface area contributed by atoms with Crippen LogP contribution in [-0.2, 0) is 0 Å². The van der Waals surface area contributed by atoms with E-state index in [-0.39, 0.29) is 5.92 Å². The van der Waals surface area contributed by atoms with Crippen LogP contribution in [0.5, 0.6) is 0 Å². The highest BCUT2D eigenvalue weighted by molar-refractivity contribution is 6.02. The van der Waals surface area contributed by atoms with Gasteiger partial charge < -0.3 is 0 Å². The van der Waals surface area contributed by atoms with Gasteiger partial charge in [0, 0.05) is 23.1 Å². The fourth-order valence-corrected chi connectivity index (χ4v) is 6.39. The molecule has 0 saturated carbocycles. The second-order valence-electron chi connectivity index (χ2n) is 12.1. The molecule has 5 aromatic rings. The molecular formula is C45H41N. The summed E-state index contributed by atoms with van der Waals surface area (Å²) < 4.78 is 0. The molecule has 0 radical (unpaired) electrons. The minimum absolute atomic E-state index is 0.208. The molecule has 46 heavy (non-hydrogen) atoms. The van der Waals surface area contributed by atoms with E-state index in [2.05, 4.69) is 173 Å². The van der Waals surface area contributed by atoms with Crippen LogP contribution in [0.15, 0.2) is 163 Å². The van der Waals surface area contributed by atoms with E-state index in [1.54, 1.807) is 0 Å². The van der Waals surface area contributed by atoms with E-state index in [1.165, 1.54) is 39.0 Å². The van der Waals surface area contributed by atoms with Crippen LogP contribution in [0.4, 0.5) is 0 Å². The summed E-state index contributed by atoms with van der Waals surface area (Å²) in [7, 11) is 0. The van der Waals surface area contributed by atoms with Crippen LogP contribution in [0.25, 0.3) is 28.5 Å². The van der Waals surface area contributed by atoms with Crippen molar-refractivity contribution in [2.45, 2.75) is 39.0 Å². The first-order valence-corrected chi connectivity index (χ1v) is 16.2. The van der Waals surface area contributed by atoms with Gasteiger partial charge in [-0.05, 0) is 76.4 Å². The Hall–Kier alpha value is -5.27. The summed E-state index contributed by atoms with van der Waals surface area (Å²) in [5, 5.41) is 0. The quantitative estimate of drug-likeness (QED) is 0.150. The van der Waals surface area contributed by atoms with Crippen molar-refractivity contribution < 1.29 is 0 Å². The number of allylic oxidation sites excluding steroid dienone is 5. The molecule has 0 aliphatic heterocycles. The van der Waals surface area contributed by atoms with Gasteiger partial charge in [-0.3, -0.25) is 4.99 Å². The molecule has 5 aromatic carbocycles. The predicted molar refractivity (Wildman–Crippen MR) is 199 cm³/mol. The van der Waals surface area contributed by atoms with Crippen molar-refractivity contribution in [3.63, 3.8) is 0 Å². The summed E-state index contributed by atoms with van der Waals surface area (Å²) in [5.74, 6) is 0.564. The van der Waals surface area contributed by atoms with E-state index in [4.69, 9.17) is 4.99 Å². The Morgan fingerprint density at radius 1 is 0.783 bits per heavy atom. The number of aliphatic imine (C=N–C) groups is 1. The standard InChI is InChI=1S/C45H41N/c1-5-35-23-16-26-43(40-25-15-24-39(31-40)38-21-13-8-14-22-38)45(35)42-28-27-41(29-33(42)3)44(30-32(2)36-17-9-6-10-18-36)46-34(4)37-19-11-7-12-20-37/h5-23,25-32,39H,1,24H2,2-4H3/b44-30-,46-34+. The monoisotopic (exact) mass is 595 g/mol. The van der Waals surface area contributed by atoms with Gasteiger partial charge in [0.25, 0.3) is 0 Å². The SMILES string of the molecule is C=Cc1cccc(C2=CC(c3ccccc3)CC=C2)c1-c1ccc(C(=C/C(C)c2ccccc2)/N=C(\C)c2ccccc2)cc1C. The first-order valence-electron chi connectivity index (χ1n) is 16.2. The molecule has 0 bridgehead atoms. The van der Waals surface area contributed by atoms with Crippen molar-refractivity contribution in [2.24, 2.45) is 4.99 Å². The Morgan fingerprint density at radius 3 is 2.17 bits per heavy atom. The third-order valence-corrected chi connectivity index (χ3v) is 8.93. The minimum atomic E-state index is 0.208. The summed E-state index contributed by atoms with van der Waals surface area (Å²) in [4.78, 5) is 5.23. The number of nitrogens with zero attached hydrogens (tertiary/aromatic N) is 1. The number of benzene rings is 5. The molecule has 2 atom stereocenters. The van der Waals surface area contributed by atoms with Gasteiger partial charge in [-0.1, -0.05) is 165 Å². The number of rotatable bonds is 9. The lowest BCUT2D eigenvalue weighted by molar-refractivity contribution is 0.857. The van der Waals surface area contributed by atoms with Gasteiger partial charge in [-0.15, -0.1) is 0 Å². The summed E-state index contributed by atoms with van der Waals surface area (Å²) in [6.07, 6.45) is 12.3. The molecule has 0 amide bonds. The van der Waals surface area contributed by atoms with Crippen LogP contribution in [0.1, 0.15) is 71.0 Å². The molecular weight excluding hydrogens is 555 g/mol. The minimum Gasteiger partial charge on any atom is -0.253 e. The predicted octanol–water partition coefficient (Wildman–Crippen LogP) is 12.1. The average Bonchev–Trinajstić information content (AvgIpc) is 3.12. The Bertz CT molecular complexity index is 1940. The first-order chi connectivity index (χ1) is 22.5. The van der Waals surface area contributed by atoms with Gasteiger partial charge >= 0.3 is 0 Å². The maximum absolute atomic E-state index is 5.23. The fraction of sp³-hybridized carbons (Fsp3) is 0.133. The highest BCUT2D eigenvalue weighted by Crippen LogP contribution is 2.40. The summed E-state index contributed by atoms with van der Waals surface area (Å²) in [5.41, 5.74) is 14.1. The molecule has 0 saturated heterocycles. The maximum atomic E-state index is 5.23. The molecule has 226 valence electrons. The second-order valence-corrected chi connectivity index (χ2v) is 12.1. The maximum Gasteiger partial charge on any atom is 0.0671 e. The van der Waals surface area contributed by atoms with Gasteiger partial charge in [-0.25, -0.2) is 0 Å². The van der Waals surface area contributed by atoms with Crippen LogP contribution in [0.3, 0.4) is 0 Å². The zero-order valence-corrected chi connectivity index (χ0v) is 27.0. The highest BCUT2D eigenvalue weighted by Gasteiger charge is 2.19. The molecule has 0 fully saturated rings. The molecule has 1 heteroatoms. The third kappa shape index (κ3) is 6.85. The van der Waals surface area contributed by atoms with Crippen LogP contribution in [0, 0.1) is 6.92 Å². The van der Waals surface area contributed by atoms with E-state index in [0.717, 1.165) is 34.5 Å². The largest absolute Gasteiger partial charge is 0.253 e. The Labute approximate surface area is 274 Å². The normalized spacial score (nSPS) is 15.7. The van der Waals surface area contributed by atoms with Crippen molar-refractivity contribution >= 4 is 23.1 Å². The molecule has 0 N–H and O–H groups in total. The van der Waals surface area contributed by atoms with Gasteiger partial charge in [-0.2, -0.15) is 0 Å². The van der Waals surface area contributed by atoms with Crippen molar-refractivity contribution in [1.82, 2.24) is 0 Å². The lowest BCUT2D eigenvalue weighted by Crippen LogP contribution is -2.01. The van der Waals surface area contributed by atoms with Gasteiger partial charge in [0.15, 0.2) is 0 Å². The van der Waals surface area contributed by atoms with Crippen molar-refractivity contribution in [1.29, 1.82) is 0 Å². The number of aryl methyl sites for hydroxylation is 1. The van der Waals surface area contributed by atoms with Crippen LogP contribution >= 0.6 is 0 Å². The molecule has 1 aliphatic carbocycles. The Morgan fingerprint density at radius 2 is 1.48 bits per heavy atom. The van der Waals surface area contributed by atoms with Gasteiger partial charge in [0.05, 0.1) is 5.70 Å². The molecule has 1 aliphatic rings. The van der Waals surface area contributed by atoms with Gasteiger partial charge in [0.2, 0.25) is 0 Å². The van der Waals surface area contributed by atoms with E-state index < -0.39 is 0 Å². The fourth-order valence-electron chi connectivity index (χ4n) is 6.39. The van der Waals surface area contributed by atoms with Crippen molar-refractivity contribution in [3.8, 4) is 11.1 Å². The lowest BCUT2D eigenvalue weighted by Gasteiger charge is -2.21. The molecule has 1 nitrogen and oxygen atoms in total. The molecule has 0 heterocycles. The summed E-state index contributed by atoms with van der Waals surface area (Å²) in [6.45, 7) is 10.8. The molecule has 0 aromatic heterocycles. The Kier molecular flexibility index (Phi) is 9.51. The average molecular weight is 596 g/mol. The zero-order chi connectivity index (χ0) is 31.9. The van der Waals surface area contributed by atoms with Crippen LogP contribution in [-0.4, -0.2) is 5.71 Å². The van der Waals surface area contributed by atoms with E-state index in [0.29, 0.717) is 5.92 Å². The topological polar surface area (TPSA) is 12.4 Å². The summed E-state index contributed by atoms with van der Waals surface area (Å²) >= 11 is 0. The molecule has 2 unspecified atom stereocenters. The summed E-state index contributed by atoms with van der Waals surface area (Å²) in [6, 6.07) is 45.2. The van der Waals surface area contributed by atoms with Crippen LogP contribution < -0.4 is 0 Å². The smallest absolute Gasteiger partial charge is 0.0671 e. The molecule has 0 spiro atoms. The van der Waals surface area contributed by atoms with Gasteiger partial charge in [0.1, 0.15) is 0 Å².